The standard InChI is InChI=1S/C7H5NO4S/c9-7(10)4-1-5(8(11)12)3-6(13)2-4/h1-3,13H,(H,9,10). The van der Waals surface area contributed by atoms with Gasteiger partial charge in [0.15, 0.2) is 0 Å². The molecule has 0 saturated heterocycles. The predicted octanol–water partition coefficient (Wildman–Crippen LogP) is 1.58. The molecule has 1 rings (SSSR count). The molecule has 0 spiro atoms. The molecule has 0 aliphatic carbocycles. The first-order chi connectivity index (χ1) is 6.00. The van der Waals surface area contributed by atoms with Crippen LogP contribution in [0, 0.1) is 10.1 Å². The molecule has 0 unspecified atom stereocenters. The lowest BCUT2D eigenvalue weighted by Gasteiger charge is -1.96. The molecule has 6 heteroatoms. The average molecular weight is 199 g/mol. The van der Waals surface area contributed by atoms with E-state index in [1.54, 1.807) is 0 Å². The van der Waals surface area contributed by atoms with Crippen molar-refractivity contribution in [2.24, 2.45) is 0 Å². The number of carboxylic acid groups (broad SMARTS) is 1. The highest BCUT2D eigenvalue weighted by Gasteiger charge is 2.11. The van der Waals surface area contributed by atoms with Crippen LogP contribution in [0.15, 0.2) is 23.1 Å². The van der Waals surface area contributed by atoms with Gasteiger partial charge in [-0.15, -0.1) is 12.6 Å². The summed E-state index contributed by atoms with van der Waals surface area (Å²) in [4.78, 5) is 20.4. The van der Waals surface area contributed by atoms with Crippen molar-refractivity contribution < 1.29 is 14.8 Å². The van der Waals surface area contributed by atoms with E-state index in [-0.39, 0.29) is 16.1 Å². The lowest BCUT2D eigenvalue weighted by molar-refractivity contribution is -0.385. The van der Waals surface area contributed by atoms with Gasteiger partial charge in [-0.05, 0) is 6.07 Å². The van der Waals surface area contributed by atoms with Crippen molar-refractivity contribution in [1.29, 1.82) is 0 Å². The molecule has 0 atom stereocenters. The third-order valence-corrected chi connectivity index (χ3v) is 1.62. The normalized spacial score (nSPS) is 9.62. The van der Waals surface area contributed by atoms with Gasteiger partial charge in [0.25, 0.3) is 5.69 Å². The highest BCUT2D eigenvalue weighted by Crippen LogP contribution is 2.19. The van der Waals surface area contributed by atoms with Gasteiger partial charge in [-0.1, -0.05) is 0 Å². The first-order valence-electron chi connectivity index (χ1n) is 3.22. The van der Waals surface area contributed by atoms with Crippen LogP contribution in [0.3, 0.4) is 0 Å². The summed E-state index contributed by atoms with van der Waals surface area (Å²) in [7, 11) is 0. The van der Waals surface area contributed by atoms with Crippen LogP contribution in [-0.4, -0.2) is 16.0 Å². The Balaban J connectivity index is 3.26. The Labute approximate surface area is 78.6 Å². The predicted molar refractivity (Wildman–Crippen MR) is 47.3 cm³/mol. The fourth-order valence-electron chi connectivity index (χ4n) is 0.824. The Bertz CT molecular complexity index is 345. The minimum Gasteiger partial charge on any atom is -0.478 e. The van der Waals surface area contributed by atoms with E-state index in [0.29, 0.717) is 0 Å². The number of carboxylic acids is 1. The van der Waals surface area contributed by atoms with Crippen LogP contribution >= 0.6 is 12.6 Å². The number of rotatable bonds is 2. The summed E-state index contributed by atoms with van der Waals surface area (Å²) in [5.74, 6) is -1.21. The molecule has 0 aliphatic rings. The Kier molecular flexibility index (Phi) is 2.52. The third-order valence-electron chi connectivity index (χ3n) is 1.36. The summed E-state index contributed by atoms with van der Waals surface area (Å²) in [5, 5.41) is 18.9. The number of thiol groups is 1. The number of aromatic carboxylic acids is 1. The zero-order valence-electron chi connectivity index (χ0n) is 6.30. The Morgan fingerprint density at radius 2 is 2.08 bits per heavy atom. The molecule has 1 aromatic rings. The summed E-state index contributed by atoms with van der Waals surface area (Å²) in [5.41, 5.74) is -0.413. The van der Waals surface area contributed by atoms with Crippen LogP contribution in [-0.2, 0) is 0 Å². The minimum atomic E-state index is -1.21. The maximum Gasteiger partial charge on any atom is 0.335 e. The van der Waals surface area contributed by atoms with Gasteiger partial charge in [0.05, 0.1) is 10.5 Å². The molecule has 0 radical (unpaired) electrons. The van der Waals surface area contributed by atoms with E-state index >= 15 is 0 Å². The molecule has 1 aromatic carbocycles. The van der Waals surface area contributed by atoms with Gasteiger partial charge in [-0.3, -0.25) is 10.1 Å². The Hall–Kier alpha value is -1.56. The zero-order valence-corrected chi connectivity index (χ0v) is 7.19. The summed E-state index contributed by atoms with van der Waals surface area (Å²) in [6.07, 6.45) is 0. The van der Waals surface area contributed by atoms with Crippen LogP contribution in [0.5, 0.6) is 0 Å². The average Bonchev–Trinajstić information content (AvgIpc) is 2.03. The number of benzene rings is 1. The maximum atomic E-state index is 10.5. The van der Waals surface area contributed by atoms with E-state index in [9.17, 15) is 14.9 Å². The van der Waals surface area contributed by atoms with Gasteiger partial charge in [-0.2, -0.15) is 0 Å². The van der Waals surface area contributed by atoms with Gasteiger partial charge < -0.3 is 5.11 Å². The monoisotopic (exact) mass is 199 g/mol. The molecule has 68 valence electrons. The SMILES string of the molecule is O=C(O)c1cc(S)cc([N+](=O)[O-])c1. The van der Waals surface area contributed by atoms with Crippen LogP contribution < -0.4 is 0 Å². The number of hydrogen-bond donors (Lipinski definition) is 2. The van der Waals surface area contributed by atoms with Crippen molar-refractivity contribution in [3.05, 3.63) is 33.9 Å². The second-order valence-corrected chi connectivity index (χ2v) is 2.82. The highest BCUT2D eigenvalue weighted by molar-refractivity contribution is 7.80. The van der Waals surface area contributed by atoms with E-state index in [2.05, 4.69) is 12.6 Å². The first kappa shape index (κ1) is 9.53. The molecule has 0 amide bonds. The number of non-ortho nitro benzene ring substituents is 1. The van der Waals surface area contributed by atoms with Crippen molar-refractivity contribution in [3.8, 4) is 0 Å². The number of hydrogen-bond acceptors (Lipinski definition) is 4. The molecule has 0 aromatic heterocycles. The zero-order chi connectivity index (χ0) is 10.0. The van der Waals surface area contributed by atoms with Crippen LogP contribution in [0.1, 0.15) is 10.4 Å². The van der Waals surface area contributed by atoms with Gasteiger partial charge in [0, 0.05) is 17.0 Å². The van der Waals surface area contributed by atoms with Gasteiger partial charge >= 0.3 is 5.97 Å². The number of nitrogens with zero attached hydrogens (tertiary/aromatic N) is 1. The summed E-state index contributed by atoms with van der Waals surface area (Å²) in [6.45, 7) is 0. The molecule has 13 heavy (non-hydrogen) atoms. The molecular weight excluding hydrogens is 194 g/mol. The Morgan fingerprint density at radius 1 is 1.46 bits per heavy atom. The largest absolute Gasteiger partial charge is 0.478 e. The molecule has 1 N–H and O–H groups in total. The van der Waals surface area contributed by atoms with Gasteiger partial charge in [0.2, 0.25) is 0 Å². The molecule has 5 nitrogen and oxygen atoms in total. The fraction of sp³-hybridized carbons (Fsp3) is 0. The number of nitro benzene ring substituents is 1. The van der Waals surface area contributed by atoms with Crippen molar-refractivity contribution in [3.63, 3.8) is 0 Å². The quantitative estimate of drug-likeness (QED) is 0.430. The van der Waals surface area contributed by atoms with E-state index in [1.165, 1.54) is 12.1 Å². The molecule has 0 heterocycles. The second kappa shape index (κ2) is 3.44. The molecule has 0 aliphatic heterocycles. The third kappa shape index (κ3) is 2.19. The first-order valence-corrected chi connectivity index (χ1v) is 3.67. The van der Waals surface area contributed by atoms with Gasteiger partial charge in [-0.25, -0.2) is 4.79 Å². The van der Waals surface area contributed by atoms with Crippen molar-refractivity contribution in [2.45, 2.75) is 4.90 Å². The summed E-state index contributed by atoms with van der Waals surface area (Å²) >= 11 is 3.85. The maximum absolute atomic E-state index is 10.5. The second-order valence-electron chi connectivity index (χ2n) is 2.30. The molecular formula is C7H5NO4S. The summed E-state index contributed by atoms with van der Waals surface area (Å²) < 4.78 is 0. The van der Waals surface area contributed by atoms with Gasteiger partial charge in [0.1, 0.15) is 0 Å². The lowest BCUT2D eigenvalue weighted by atomic mass is 10.2. The van der Waals surface area contributed by atoms with Crippen LogP contribution in [0.25, 0.3) is 0 Å². The van der Waals surface area contributed by atoms with Crippen LogP contribution in [0.2, 0.25) is 0 Å². The number of nitro groups is 1. The molecule has 0 bridgehead atoms. The number of carbonyl (C=O) groups is 1. The van der Waals surface area contributed by atoms with Crippen LogP contribution in [0.4, 0.5) is 5.69 Å². The van der Waals surface area contributed by atoms with E-state index in [1.807, 2.05) is 0 Å². The Morgan fingerprint density at radius 3 is 2.54 bits per heavy atom. The van der Waals surface area contributed by atoms with E-state index in [0.717, 1.165) is 6.07 Å². The van der Waals surface area contributed by atoms with E-state index < -0.39 is 10.9 Å². The van der Waals surface area contributed by atoms with Crippen molar-refractivity contribution in [1.82, 2.24) is 0 Å². The highest BCUT2D eigenvalue weighted by atomic mass is 32.1. The lowest BCUT2D eigenvalue weighted by Crippen LogP contribution is -1.98. The van der Waals surface area contributed by atoms with Crippen molar-refractivity contribution >= 4 is 24.3 Å². The van der Waals surface area contributed by atoms with E-state index in [4.69, 9.17) is 5.11 Å². The molecule has 0 fully saturated rings. The summed E-state index contributed by atoms with van der Waals surface area (Å²) in [6, 6.07) is 3.43. The van der Waals surface area contributed by atoms with Crippen molar-refractivity contribution in [2.75, 3.05) is 0 Å². The smallest absolute Gasteiger partial charge is 0.335 e. The molecule has 0 saturated carbocycles. The topological polar surface area (TPSA) is 80.4 Å². The fourth-order valence-corrected chi connectivity index (χ4v) is 1.10. The minimum absolute atomic E-state index is 0.140.